The van der Waals surface area contributed by atoms with Crippen LogP contribution >= 0.6 is 0 Å². The van der Waals surface area contributed by atoms with Gasteiger partial charge in [-0.3, -0.25) is 14.8 Å². The zero-order valence-corrected chi connectivity index (χ0v) is 15.1. The summed E-state index contributed by atoms with van der Waals surface area (Å²) in [5, 5.41) is 0. The van der Waals surface area contributed by atoms with Crippen molar-refractivity contribution in [2.24, 2.45) is 0 Å². The maximum absolute atomic E-state index is 13.1. The number of carbonyl (C=O) groups excluding carboxylic acids is 1. The van der Waals surface area contributed by atoms with Gasteiger partial charge in [-0.2, -0.15) is 0 Å². The third kappa shape index (κ3) is 5.28. The third-order valence-electron chi connectivity index (χ3n) is 4.30. The molecule has 6 heteroatoms. The SMILES string of the molecule is Nc1cc(N)cc(C(=O)N(CCc2cccnc2)CCc2cccnc2)c1. The van der Waals surface area contributed by atoms with Crippen molar-refractivity contribution in [3.8, 4) is 0 Å². The van der Waals surface area contributed by atoms with Gasteiger partial charge < -0.3 is 16.4 Å². The van der Waals surface area contributed by atoms with Gasteiger partial charge in [0, 0.05) is 54.8 Å². The number of amides is 1. The quantitative estimate of drug-likeness (QED) is 0.630. The first-order valence-electron chi connectivity index (χ1n) is 8.85. The van der Waals surface area contributed by atoms with E-state index in [1.165, 1.54) is 0 Å². The molecule has 0 aliphatic heterocycles. The molecule has 138 valence electrons. The summed E-state index contributed by atoms with van der Waals surface area (Å²) in [6, 6.07) is 12.8. The van der Waals surface area contributed by atoms with E-state index < -0.39 is 0 Å². The van der Waals surface area contributed by atoms with Crippen molar-refractivity contribution >= 4 is 17.3 Å². The number of pyridine rings is 2. The van der Waals surface area contributed by atoms with Gasteiger partial charge >= 0.3 is 0 Å². The van der Waals surface area contributed by atoms with Crippen molar-refractivity contribution in [2.45, 2.75) is 12.8 Å². The van der Waals surface area contributed by atoms with E-state index in [1.807, 2.05) is 41.6 Å². The molecule has 27 heavy (non-hydrogen) atoms. The molecule has 3 rings (SSSR count). The molecule has 0 fully saturated rings. The summed E-state index contributed by atoms with van der Waals surface area (Å²) in [5.41, 5.74) is 15.4. The Bertz CT molecular complexity index is 820. The summed E-state index contributed by atoms with van der Waals surface area (Å²) in [4.78, 5) is 23.2. The van der Waals surface area contributed by atoms with Gasteiger partial charge in [-0.15, -0.1) is 0 Å². The Morgan fingerprint density at radius 2 is 1.37 bits per heavy atom. The van der Waals surface area contributed by atoms with E-state index in [9.17, 15) is 4.79 Å². The lowest BCUT2D eigenvalue weighted by Crippen LogP contribution is -2.35. The summed E-state index contributed by atoms with van der Waals surface area (Å²) in [6.07, 6.45) is 8.58. The Balaban J connectivity index is 1.76. The van der Waals surface area contributed by atoms with Crippen LogP contribution in [-0.2, 0) is 12.8 Å². The Labute approximate surface area is 158 Å². The predicted molar refractivity (Wildman–Crippen MR) is 107 cm³/mol. The maximum Gasteiger partial charge on any atom is 0.254 e. The highest BCUT2D eigenvalue weighted by molar-refractivity contribution is 5.96. The van der Waals surface area contributed by atoms with E-state index in [2.05, 4.69) is 9.97 Å². The van der Waals surface area contributed by atoms with Crippen LogP contribution in [0.4, 0.5) is 11.4 Å². The van der Waals surface area contributed by atoms with Gasteiger partial charge in [-0.05, 0) is 54.3 Å². The van der Waals surface area contributed by atoms with Crippen LogP contribution in [0.15, 0.2) is 67.3 Å². The molecule has 0 unspecified atom stereocenters. The van der Waals surface area contributed by atoms with Gasteiger partial charge in [0.25, 0.3) is 5.91 Å². The van der Waals surface area contributed by atoms with Crippen LogP contribution in [0.5, 0.6) is 0 Å². The second kappa shape index (κ2) is 8.80. The predicted octanol–water partition coefficient (Wildman–Crippen LogP) is 2.57. The van der Waals surface area contributed by atoms with E-state index in [-0.39, 0.29) is 5.91 Å². The van der Waals surface area contributed by atoms with Crippen molar-refractivity contribution in [1.82, 2.24) is 14.9 Å². The number of anilines is 2. The van der Waals surface area contributed by atoms with Gasteiger partial charge in [-0.25, -0.2) is 0 Å². The number of benzene rings is 1. The summed E-state index contributed by atoms with van der Waals surface area (Å²) in [7, 11) is 0. The molecule has 0 saturated heterocycles. The minimum Gasteiger partial charge on any atom is -0.399 e. The first kappa shape index (κ1) is 18.4. The lowest BCUT2D eigenvalue weighted by molar-refractivity contribution is 0.0759. The van der Waals surface area contributed by atoms with Gasteiger partial charge in [0.2, 0.25) is 0 Å². The first-order chi connectivity index (χ1) is 13.1. The lowest BCUT2D eigenvalue weighted by Gasteiger charge is -2.23. The lowest BCUT2D eigenvalue weighted by atomic mass is 10.1. The highest BCUT2D eigenvalue weighted by Gasteiger charge is 2.17. The van der Waals surface area contributed by atoms with Crippen LogP contribution in [0, 0.1) is 0 Å². The van der Waals surface area contributed by atoms with Crippen molar-refractivity contribution in [3.63, 3.8) is 0 Å². The minimum atomic E-state index is -0.0817. The monoisotopic (exact) mass is 361 g/mol. The Hall–Kier alpha value is -3.41. The summed E-state index contributed by atoms with van der Waals surface area (Å²) in [5.74, 6) is -0.0817. The highest BCUT2D eigenvalue weighted by Crippen LogP contribution is 2.16. The van der Waals surface area contributed by atoms with Gasteiger partial charge in [0.05, 0.1) is 0 Å². The van der Waals surface area contributed by atoms with E-state index >= 15 is 0 Å². The molecule has 1 aromatic carbocycles. The highest BCUT2D eigenvalue weighted by atomic mass is 16.2. The second-order valence-electron chi connectivity index (χ2n) is 6.40. The summed E-state index contributed by atoms with van der Waals surface area (Å²) < 4.78 is 0. The number of nitrogen functional groups attached to an aromatic ring is 2. The number of carbonyl (C=O) groups is 1. The Morgan fingerprint density at radius 1 is 0.852 bits per heavy atom. The van der Waals surface area contributed by atoms with Gasteiger partial charge in [0.15, 0.2) is 0 Å². The molecule has 0 bridgehead atoms. The fraction of sp³-hybridized carbons (Fsp3) is 0.190. The van der Waals surface area contributed by atoms with Crippen molar-refractivity contribution < 1.29 is 4.79 Å². The van der Waals surface area contributed by atoms with Crippen LogP contribution in [0.25, 0.3) is 0 Å². The standard InChI is InChI=1S/C21H23N5O/c22-19-11-18(12-20(23)13-19)21(27)26(9-5-16-3-1-7-24-14-16)10-6-17-4-2-8-25-15-17/h1-4,7-8,11-15H,5-6,9-10,22-23H2. The normalized spacial score (nSPS) is 10.5. The number of nitrogens with two attached hydrogens (primary N) is 2. The van der Waals surface area contributed by atoms with E-state index in [0.29, 0.717) is 30.0 Å². The van der Waals surface area contributed by atoms with Crippen molar-refractivity contribution in [2.75, 3.05) is 24.6 Å². The molecule has 0 atom stereocenters. The molecule has 3 aromatic rings. The largest absolute Gasteiger partial charge is 0.399 e. The summed E-state index contributed by atoms with van der Waals surface area (Å²) >= 11 is 0. The molecule has 6 nitrogen and oxygen atoms in total. The Morgan fingerprint density at radius 3 is 1.81 bits per heavy atom. The molecule has 0 aliphatic rings. The summed E-state index contributed by atoms with van der Waals surface area (Å²) in [6.45, 7) is 1.17. The van der Waals surface area contributed by atoms with Crippen LogP contribution < -0.4 is 11.5 Å². The minimum absolute atomic E-state index is 0.0817. The Kier molecular flexibility index (Phi) is 5.99. The molecular weight excluding hydrogens is 338 g/mol. The van der Waals surface area contributed by atoms with E-state index in [0.717, 1.165) is 24.0 Å². The molecule has 0 saturated carbocycles. The smallest absolute Gasteiger partial charge is 0.254 e. The molecule has 0 aliphatic carbocycles. The first-order valence-corrected chi connectivity index (χ1v) is 8.85. The number of hydrogen-bond acceptors (Lipinski definition) is 5. The average molecular weight is 361 g/mol. The molecule has 4 N–H and O–H groups in total. The number of rotatable bonds is 7. The zero-order valence-electron chi connectivity index (χ0n) is 15.1. The molecule has 2 aromatic heterocycles. The van der Waals surface area contributed by atoms with Crippen LogP contribution in [0.3, 0.4) is 0 Å². The fourth-order valence-corrected chi connectivity index (χ4v) is 2.92. The second-order valence-corrected chi connectivity index (χ2v) is 6.40. The van der Waals surface area contributed by atoms with Crippen molar-refractivity contribution in [1.29, 1.82) is 0 Å². The van der Waals surface area contributed by atoms with Gasteiger partial charge in [0.1, 0.15) is 0 Å². The van der Waals surface area contributed by atoms with E-state index in [4.69, 9.17) is 11.5 Å². The molecule has 1 amide bonds. The number of hydrogen-bond donors (Lipinski definition) is 2. The third-order valence-corrected chi connectivity index (χ3v) is 4.30. The van der Waals surface area contributed by atoms with Crippen LogP contribution in [0.2, 0.25) is 0 Å². The van der Waals surface area contributed by atoms with Gasteiger partial charge in [-0.1, -0.05) is 12.1 Å². The zero-order chi connectivity index (χ0) is 19.1. The molecule has 2 heterocycles. The molecule has 0 spiro atoms. The fourth-order valence-electron chi connectivity index (χ4n) is 2.92. The van der Waals surface area contributed by atoms with Crippen LogP contribution in [0.1, 0.15) is 21.5 Å². The average Bonchev–Trinajstić information content (AvgIpc) is 2.68. The topological polar surface area (TPSA) is 98.1 Å². The molecular formula is C21H23N5O. The number of nitrogens with zero attached hydrogens (tertiary/aromatic N) is 3. The maximum atomic E-state index is 13.1. The van der Waals surface area contributed by atoms with E-state index in [1.54, 1.807) is 30.6 Å². The van der Waals surface area contributed by atoms with Crippen molar-refractivity contribution in [3.05, 3.63) is 83.9 Å². The van der Waals surface area contributed by atoms with Crippen LogP contribution in [-0.4, -0.2) is 33.9 Å². The molecule has 0 radical (unpaired) electrons. The number of aromatic nitrogens is 2.